The first-order valence-corrected chi connectivity index (χ1v) is 42.8. The Balaban J connectivity index is 0.000000320. The molecule has 27 heteroatoms. The Bertz CT molecular complexity index is 3360. The number of thiophene rings is 2. The van der Waals surface area contributed by atoms with Gasteiger partial charge in [-0.25, -0.2) is 17.6 Å². The Morgan fingerprint density at radius 1 is 0.593 bits per heavy atom. The van der Waals surface area contributed by atoms with Gasteiger partial charge in [0.15, 0.2) is 0 Å². The second kappa shape index (κ2) is 40.0. The molecular weight excluding hydrogens is 1400 g/mol. The summed E-state index contributed by atoms with van der Waals surface area (Å²) in [5.74, 6) is -1.84. The average molecular weight is 1480 g/mol. The van der Waals surface area contributed by atoms with Crippen molar-refractivity contribution in [2.24, 2.45) is 0 Å². The number of fused-ring (bicyclic) bond motifs is 2. The van der Waals surface area contributed by atoms with Gasteiger partial charge in [0.2, 0.25) is 0 Å². The number of rotatable bonds is 18. The van der Waals surface area contributed by atoms with Crippen LogP contribution in [-0.4, -0.2) is 97.3 Å². The number of aromatic nitrogens is 2. The highest BCUT2D eigenvalue weighted by atomic mass is 35.5. The quantitative estimate of drug-likeness (QED) is 0.0639. The van der Waals surface area contributed by atoms with Crippen LogP contribution in [0, 0.1) is 23.3 Å². The molecule has 0 saturated heterocycles. The van der Waals surface area contributed by atoms with Crippen molar-refractivity contribution < 1.29 is 41.4 Å². The van der Waals surface area contributed by atoms with Gasteiger partial charge in [-0.15, -0.1) is 70.8 Å². The van der Waals surface area contributed by atoms with Crippen molar-refractivity contribution in [2.75, 3.05) is 41.5 Å². The van der Waals surface area contributed by atoms with Crippen LogP contribution in [-0.2, 0) is 17.8 Å². The van der Waals surface area contributed by atoms with E-state index in [9.17, 15) is 27.2 Å². The fraction of sp³-hybridized carbons (Fsp3) is 0.375. The average Bonchev–Trinajstić information content (AvgIpc) is 1.65. The molecule has 2 fully saturated rings. The lowest BCUT2D eigenvalue weighted by atomic mass is 9.89. The summed E-state index contributed by atoms with van der Waals surface area (Å²) in [4.78, 5) is 40.3. The van der Waals surface area contributed by atoms with E-state index in [0.717, 1.165) is 153 Å². The van der Waals surface area contributed by atoms with Crippen LogP contribution < -0.4 is 20.1 Å². The molecule has 2 saturated carbocycles. The number of methoxy groups -OCH3 is 2. The summed E-state index contributed by atoms with van der Waals surface area (Å²) in [6.45, 7) is 6.66. The van der Waals surface area contributed by atoms with Crippen LogP contribution in [0.4, 0.5) is 17.6 Å². The zero-order valence-electron chi connectivity index (χ0n) is 50.2. The molecule has 0 bridgehead atoms. The second-order valence-corrected chi connectivity index (χ2v) is 45.6. The van der Waals surface area contributed by atoms with Crippen LogP contribution in [0.25, 0.3) is 42.4 Å². The summed E-state index contributed by atoms with van der Waals surface area (Å²) in [7, 11) is 19.5. The van der Waals surface area contributed by atoms with Crippen LogP contribution in [0.15, 0.2) is 110 Å². The number of halogens is 7. The van der Waals surface area contributed by atoms with E-state index in [4.69, 9.17) is 37.4 Å². The molecule has 2 aliphatic rings. The Morgan fingerprint density at radius 2 is 0.945 bits per heavy atom. The fourth-order valence-electron chi connectivity index (χ4n) is 10.7. The molecule has 0 spiro atoms. The number of pyridine rings is 2. The molecule has 4 aromatic heterocycles. The van der Waals surface area contributed by atoms with Gasteiger partial charge in [-0.05, 0) is 188 Å². The number of hydrogen-bond acceptors (Lipinski definition) is 11. The van der Waals surface area contributed by atoms with Crippen molar-refractivity contribution in [3.8, 4) is 33.8 Å². The van der Waals surface area contributed by atoms with E-state index in [1.54, 1.807) is 48.8 Å². The molecule has 0 radical (unpaired) electrons. The Morgan fingerprint density at radius 3 is 1.22 bits per heavy atom. The van der Waals surface area contributed by atoms with Crippen molar-refractivity contribution >= 4 is 148 Å². The van der Waals surface area contributed by atoms with Gasteiger partial charge in [-0.3, -0.25) is 19.6 Å². The number of benzene rings is 4. The summed E-state index contributed by atoms with van der Waals surface area (Å²) in [5, 5.41) is 6.48. The molecule has 6 unspecified atom stereocenters. The molecule has 4 heterocycles. The minimum absolute atomic E-state index is 0. The lowest BCUT2D eigenvalue weighted by molar-refractivity contribution is 0.0598. The summed E-state index contributed by atoms with van der Waals surface area (Å²) < 4.78 is 74.5. The van der Waals surface area contributed by atoms with Crippen molar-refractivity contribution in [1.29, 1.82) is 0 Å². The van der Waals surface area contributed by atoms with Gasteiger partial charge in [0.25, 0.3) is 11.8 Å². The van der Waals surface area contributed by atoms with Gasteiger partial charge in [0, 0.05) is 86.4 Å². The van der Waals surface area contributed by atoms with Crippen LogP contribution in [0.2, 0.25) is 10.0 Å². The first-order valence-electron chi connectivity index (χ1n) is 28.5. The van der Waals surface area contributed by atoms with E-state index in [1.807, 2.05) is 88.6 Å². The third kappa shape index (κ3) is 21.1. The normalized spacial score (nSPS) is 16.4. The van der Waals surface area contributed by atoms with E-state index >= 15 is 0 Å². The summed E-state index contributed by atoms with van der Waals surface area (Å²) >= 11 is 14.9. The smallest absolute Gasteiger partial charge is 0.266 e. The molecule has 6 atom stereocenters. The predicted octanol–water partition coefficient (Wildman–Crippen LogP) is 20.5. The first kappa shape index (κ1) is 80.6. The van der Waals surface area contributed by atoms with E-state index in [-0.39, 0.29) is 118 Å². The third-order valence-electron chi connectivity index (χ3n) is 15.4. The van der Waals surface area contributed by atoms with Gasteiger partial charge in [0.1, 0.15) is 44.5 Å². The molecule has 11 nitrogen and oxygen atoms in total. The van der Waals surface area contributed by atoms with Crippen LogP contribution in [0.5, 0.6) is 11.5 Å². The maximum absolute atomic E-state index is 14.6. The van der Waals surface area contributed by atoms with Crippen LogP contribution in [0.1, 0.15) is 111 Å². The summed E-state index contributed by atoms with van der Waals surface area (Å²) in [6, 6.07) is 24.3. The lowest BCUT2D eigenvalue weighted by Gasteiger charge is -2.37. The number of nitrogens with zero attached hydrogens (tertiary/aromatic N) is 4. The van der Waals surface area contributed by atoms with Crippen LogP contribution in [0.3, 0.4) is 0 Å². The molecule has 0 aliphatic heterocycles. The minimum atomic E-state index is -0.644. The number of hydrogen-bond donors (Lipinski definition) is 2. The largest absolute Gasteiger partial charge is 0.496 e. The number of nitrogens with one attached hydrogen (secondary N) is 2. The van der Waals surface area contributed by atoms with Gasteiger partial charge in [-0.1, -0.05) is 58.1 Å². The third-order valence-corrected chi connectivity index (χ3v) is 49.3. The van der Waals surface area contributed by atoms with Gasteiger partial charge in [0.05, 0.1) is 44.4 Å². The fourth-order valence-corrected chi connectivity index (χ4v) is 29.9. The van der Waals surface area contributed by atoms with Crippen LogP contribution >= 0.6 is 116 Å². The lowest BCUT2D eigenvalue weighted by Crippen LogP contribution is -2.44. The predicted molar refractivity (Wildman–Crippen MR) is 400 cm³/mol. The standard InChI is InChI=1S/2C29H28ClF2N3O2S.C4H10O.2CH4.ClH.H9P7/c2*1-33-20-4-6-21(7-5-20)35(29(36)28-26(30)25-22(31)8-9-23(32)27(25)38-28)16-19-15-18(3-10-24(19)37-2)17-11-13-34-14-12-17;1-3-5-4-2;;;;1-5-7(4)6(2)3/h2*3,8-15,20-21,33H,4-7,16H2,1-2H3;3-4H2,1-2H3;2*1H4;1H;5H,1-4H2. The van der Waals surface area contributed by atoms with Crippen molar-refractivity contribution in [3.05, 3.63) is 164 Å². The molecular formula is C64H84Cl3F4N6O5P7S2. The Hall–Kier alpha value is -2.88. The number of ether oxygens (including phenoxy) is 3. The van der Waals surface area contributed by atoms with Crippen molar-refractivity contribution in [1.82, 2.24) is 30.4 Å². The van der Waals surface area contributed by atoms with E-state index in [0.29, 0.717) is 23.6 Å². The molecule has 8 aromatic rings. The number of carbonyl (C=O) groups is 2. The Kier molecular flexibility index (Phi) is 35.4. The highest BCUT2D eigenvalue weighted by Crippen LogP contribution is 2.92. The van der Waals surface area contributed by atoms with Gasteiger partial charge < -0.3 is 34.6 Å². The molecule has 2 N–H and O–H groups in total. The van der Waals surface area contributed by atoms with Gasteiger partial charge in [-0.2, -0.15) is 0 Å². The Labute approximate surface area is 572 Å². The second-order valence-electron chi connectivity index (χ2n) is 20.6. The maximum Gasteiger partial charge on any atom is 0.266 e. The van der Waals surface area contributed by atoms with Gasteiger partial charge >= 0.3 is 0 Å². The molecule has 91 heavy (non-hydrogen) atoms. The molecule has 2 amide bonds. The van der Waals surface area contributed by atoms with E-state index in [1.165, 1.54) is 0 Å². The van der Waals surface area contributed by atoms with Crippen molar-refractivity contribution in [2.45, 2.75) is 117 Å². The monoisotopic (exact) mass is 1480 g/mol. The zero-order chi connectivity index (χ0) is 63.6. The molecule has 4 aromatic carbocycles. The summed E-state index contributed by atoms with van der Waals surface area (Å²) in [6.07, 6.45) is 13.8. The van der Waals surface area contributed by atoms with E-state index < -0.39 is 23.3 Å². The summed E-state index contributed by atoms with van der Waals surface area (Å²) in [5.41, 5.74) is 5.60. The molecule has 496 valence electrons. The molecule has 2 aliphatic carbocycles. The minimum Gasteiger partial charge on any atom is -0.496 e. The zero-order valence-corrected chi connectivity index (χ0v) is 61.6. The maximum atomic E-state index is 14.6. The van der Waals surface area contributed by atoms with Crippen molar-refractivity contribution in [3.63, 3.8) is 0 Å². The molecule has 10 rings (SSSR count). The first-order chi connectivity index (χ1) is 42.4. The number of carbonyl (C=O) groups excluding carboxylic acids is 2. The highest BCUT2D eigenvalue weighted by Gasteiger charge is 2.35. The number of amides is 2. The van der Waals surface area contributed by atoms with E-state index in [2.05, 4.69) is 56.3 Å². The highest BCUT2D eigenvalue weighted by molar-refractivity contribution is 8.98. The SMILES string of the molecule is C.C.CCOCC.CNC1CCC(N(Cc2cc(-c3ccncc3)ccc2OC)C(=O)c2sc3c(F)ccc(F)c3c2Cl)CC1.CNC1CCC(N(Cc2cc(-c3ccncc3)ccc2OC)C(=O)c2sc3c(F)ccc(F)c3c2Cl)CC1.Cl.PPP(P)P(P)P. The topological polar surface area (TPSA) is 118 Å².